The third-order valence-electron chi connectivity index (χ3n) is 4.71. The molecule has 3 rings (SSSR count). The number of hydrogen-bond acceptors (Lipinski definition) is 4. The van der Waals surface area contributed by atoms with Crippen molar-refractivity contribution in [1.82, 2.24) is 4.90 Å². The second kappa shape index (κ2) is 7.18. The van der Waals surface area contributed by atoms with Crippen LogP contribution in [-0.4, -0.2) is 28.0 Å². The number of amides is 1. The summed E-state index contributed by atoms with van der Waals surface area (Å²) in [7, 11) is 0. The standard InChI is InChI=1S/C20H23NO4/c1-13(2)25-20(24)15-5-3-14(4-6-15)9-10-21-12-16-7-8-17(22)11-18(16)19(21)23/h7-8,11,13-15,22H,3-6,12H2,1-2H3. The highest BCUT2D eigenvalue weighted by Gasteiger charge is 2.29. The third kappa shape index (κ3) is 3.96. The Bertz CT molecular complexity index is 736. The number of hydrogen-bond donors (Lipinski definition) is 1. The van der Waals surface area contributed by atoms with Gasteiger partial charge in [-0.1, -0.05) is 12.0 Å². The summed E-state index contributed by atoms with van der Waals surface area (Å²) >= 11 is 0. The van der Waals surface area contributed by atoms with Crippen molar-refractivity contribution in [2.45, 2.75) is 52.2 Å². The van der Waals surface area contributed by atoms with E-state index in [1.165, 1.54) is 11.0 Å². The highest BCUT2D eigenvalue weighted by molar-refractivity contribution is 5.99. The molecule has 1 N–H and O–H groups in total. The van der Waals surface area contributed by atoms with Gasteiger partial charge in [0.25, 0.3) is 5.91 Å². The van der Waals surface area contributed by atoms with E-state index in [0.717, 1.165) is 31.2 Å². The van der Waals surface area contributed by atoms with Gasteiger partial charge in [-0.2, -0.15) is 0 Å². The van der Waals surface area contributed by atoms with Crippen LogP contribution >= 0.6 is 0 Å². The van der Waals surface area contributed by atoms with E-state index in [4.69, 9.17) is 4.74 Å². The molecule has 5 nitrogen and oxygen atoms in total. The molecular weight excluding hydrogens is 318 g/mol. The molecule has 132 valence electrons. The van der Waals surface area contributed by atoms with Gasteiger partial charge in [-0.25, -0.2) is 0 Å². The van der Waals surface area contributed by atoms with Crippen LogP contribution in [-0.2, 0) is 16.1 Å². The number of fused-ring (bicyclic) bond motifs is 1. The van der Waals surface area contributed by atoms with Crippen LogP contribution in [0.4, 0.5) is 0 Å². The fraction of sp³-hybridized carbons (Fsp3) is 0.500. The number of rotatable bonds is 2. The molecule has 1 aromatic rings. The number of phenolic OH excluding ortho intramolecular Hbond substituents is 1. The van der Waals surface area contributed by atoms with Crippen LogP contribution < -0.4 is 0 Å². The molecule has 1 heterocycles. The SMILES string of the molecule is CC(C)OC(=O)C1CCC(C#CN2Cc3ccc(O)cc3C2=O)CC1. The van der Waals surface area contributed by atoms with Gasteiger partial charge in [-0.3, -0.25) is 14.5 Å². The first-order valence-electron chi connectivity index (χ1n) is 8.79. The van der Waals surface area contributed by atoms with Crippen LogP contribution in [0.1, 0.15) is 55.5 Å². The molecule has 25 heavy (non-hydrogen) atoms. The van der Waals surface area contributed by atoms with Crippen LogP contribution in [0, 0.1) is 23.8 Å². The van der Waals surface area contributed by atoms with E-state index in [1.54, 1.807) is 12.1 Å². The molecule has 1 saturated carbocycles. The maximum atomic E-state index is 12.3. The number of carbonyl (C=O) groups is 2. The number of phenols is 1. The normalized spacial score (nSPS) is 22.4. The summed E-state index contributed by atoms with van der Waals surface area (Å²) in [5.74, 6) is 3.19. The fourth-order valence-electron chi connectivity index (χ4n) is 3.35. The van der Waals surface area contributed by atoms with Gasteiger partial charge >= 0.3 is 5.97 Å². The molecule has 0 atom stereocenters. The summed E-state index contributed by atoms with van der Waals surface area (Å²) in [5.41, 5.74) is 1.41. The molecule has 5 heteroatoms. The first kappa shape index (κ1) is 17.3. The Morgan fingerprint density at radius 1 is 1.28 bits per heavy atom. The van der Waals surface area contributed by atoms with Gasteiger partial charge in [0.05, 0.1) is 18.6 Å². The van der Waals surface area contributed by atoms with Crippen molar-refractivity contribution in [2.75, 3.05) is 0 Å². The highest BCUT2D eigenvalue weighted by atomic mass is 16.5. The second-order valence-corrected chi connectivity index (χ2v) is 7.02. The second-order valence-electron chi connectivity index (χ2n) is 7.02. The van der Waals surface area contributed by atoms with Crippen LogP contribution in [0.25, 0.3) is 0 Å². The van der Waals surface area contributed by atoms with Gasteiger partial charge in [-0.15, -0.1) is 0 Å². The largest absolute Gasteiger partial charge is 0.508 e. The lowest BCUT2D eigenvalue weighted by Crippen LogP contribution is -2.25. The van der Waals surface area contributed by atoms with Crippen molar-refractivity contribution in [3.63, 3.8) is 0 Å². The zero-order chi connectivity index (χ0) is 18.0. The summed E-state index contributed by atoms with van der Waals surface area (Å²) in [5, 5.41) is 9.51. The molecule has 0 saturated heterocycles. The molecule has 1 aromatic carbocycles. The molecule has 2 aliphatic rings. The van der Waals surface area contributed by atoms with Crippen LogP contribution in [0.15, 0.2) is 18.2 Å². The molecule has 0 radical (unpaired) electrons. The van der Waals surface area contributed by atoms with Crippen molar-refractivity contribution < 1.29 is 19.4 Å². The molecule has 1 aliphatic carbocycles. The zero-order valence-electron chi connectivity index (χ0n) is 14.6. The topological polar surface area (TPSA) is 66.8 Å². The van der Waals surface area contributed by atoms with E-state index in [0.29, 0.717) is 12.1 Å². The first-order chi connectivity index (χ1) is 11.9. The fourth-order valence-corrected chi connectivity index (χ4v) is 3.35. The van der Waals surface area contributed by atoms with E-state index in [9.17, 15) is 14.7 Å². The predicted molar refractivity (Wildman–Crippen MR) is 92.4 cm³/mol. The Morgan fingerprint density at radius 2 is 2.00 bits per heavy atom. The van der Waals surface area contributed by atoms with Crippen LogP contribution in [0.5, 0.6) is 5.75 Å². The molecule has 0 unspecified atom stereocenters. The molecule has 0 aromatic heterocycles. The summed E-state index contributed by atoms with van der Waals surface area (Å²) < 4.78 is 5.28. The predicted octanol–water partition coefficient (Wildman–Crippen LogP) is 3.07. The maximum Gasteiger partial charge on any atom is 0.309 e. The lowest BCUT2D eigenvalue weighted by Gasteiger charge is -2.25. The van der Waals surface area contributed by atoms with Crippen molar-refractivity contribution >= 4 is 11.9 Å². The monoisotopic (exact) mass is 341 g/mol. The molecule has 0 bridgehead atoms. The number of carbonyl (C=O) groups excluding carboxylic acids is 2. The molecule has 1 aliphatic heterocycles. The van der Waals surface area contributed by atoms with Gasteiger partial charge < -0.3 is 9.84 Å². The number of nitrogens with zero attached hydrogens (tertiary/aromatic N) is 1. The van der Waals surface area contributed by atoms with Crippen molar-refractivity contribution in [2.24, 2.45) is 11.8 Å². The van der Waals surface area contributed by atoms with Gasteiger partial charge in [0, 0.05) is 17.5 Å². The highest BCUT2D eigenvalue weighted by Crippen LogP contribution is 2.30. The van der Waals surface area contributed by atoms with Gasteiger partial charge in [-0.05, 0) is 57.2 Å². The maximum absolute atomic E-state index is 12.3. The van der Waals surface area contributed by atoms with Crippen molar-refractivity contribution in [1.29, 1.82) is 0 Å². The average Bonchev–Trinajstić information content (AvgIpc) is 2.89. The zero-order valence-corrected chi connectivity index (χ0v) is 14.6. The van der Waals surface area contributed by atoms with Gasteiger partial charge in [0.1, 0.15) is 5.75 Å². The molecular formula is C20H23NO4. The van der Waals surface area contributed by atoms with Crippen molar-refractivity contribution in [3.05, 3.63) is 29.3 Å². The quantitative estimate of drug-likeness (QED) is 0.663. The lowest BCUT2D eigenvalue weighted by molar-refractivity contribution is -0.153. The van der Waals surface area contributed by atoms with Gasteiger partial charge in [0.2, 0.25) is 0 Å². The number of ether oxygens (including phenoxy) is 1. The Kier molecular flexibility index (Phi) is 4.98. The van der Waals surface area contributed by atoms with Crippen molar-refractivity contribution in [3.8, 4) is 17.7 Å². The summed E-state index contributed by atoms with van der Waals surface area (Å²) in [6.45, 7) is 4.18. The smallest absolute Gasteiger partial charge is 0.309 e. The molecule has 1 amide bonds. The van der Waals surface area contributed by atoms with E-state index in [-0.39, 0.29) is 35.6 Å². The Balaban J connectivity index is 1.56. The number of benzene rings is 1. The van der Waals surface area contributed by atoms with Crippen LogP contribution in [0.3, 0.4) is 0 Å². The average molecular weight is 341 g/mol. The summed E-state index contributed by atoms with van der Waals surface area (Å²) in [6.07, 6.45) is 3.19. The van der Waals surface area contributed by atoms with E-state index >= 15 is 0 Å². The van der Waals surface area contributed by atoms with Crippen LogP contribution in [0.2, 0.25) is 0 Å². The number of esters is 1. The Morgan fingerprint density at radius 3 is 2.68 bits per heavy atom. The van der Waals surface area contributed by atoms with E-state index in [2.05, 4.69) is 12.0 Å². The first-order valence-corrected chi connectivity index (χ1v) is 8.79. The minimum Gasteiger partial charge on any atom is -0.508 e. The lowest BCUT2D eigenvalue weighted by atomic mass is 9.82. The third-order valence-corrected chi connectivity index (χ3v) is 4.71. The number of aromatic hydroxyl groups is 1. The molecule has 1 fully saturated rings. The minimum absolute atomic E-state index is 0.0268. The minimum atomic E-state index is -0.160. The summed E-state index contributed by atoms with van der Waals surface area (Å²) in [4.78, 5) is 25.8. The Hall–Kier alpha value is -2.48. The Labute approximate surface area is 148 Å². The van der Waals surface area contributed by atoms with Gasteiger partial charge in [0.15, 0.2) is 0 Å². The van der Waals surface area contributed by atoms with E-state index in [1.807, 2.05) is 13.8 Å². The van der Waals surface area contributed by atoms with E-state index < -0.39 is 0 Å². The summed E-state index contributed by atoms with van der Waals surface area (Å²) in [6, 6.07) is 7.81. The molecule has 0 spiro atoms.